The van der Waals surface area contributed by atoms with Crippen LogP contribution in [0.5, 0.6) is 0 Å². The van der Waals surface area contributed by atoms with Crippen molar-refractivity contribution in [2.75, 3.05) is 5.32 Å². The second-order valence-corrected chi connectivity index (χ2v) is 10.0. The van der Waals surface area contributed by atoms with Crippen molar-refractivity contribution in [3.05, 3.63) is 73.6 Å². The summed E-state index contributed by atoms with van der Waals surface area (Å²) in [6.07, 6.45) is 0.527. The molecule has 6 nitrogen and oxygen atoms in total. The fourth-order valence-electron chi connectivity index (χ4n) is 3.11. The monoisotopic (exact) mass is 438 g/mol. The molecule has 2 N–H and O–H groups in total. The number of thiophene rings is 1. The molecule has 0 fully saturated rings. The van der Waals surface area contributed by atoms with Gasteiger partial charge < -0.3 is 4.98 Å². The molecule has 154 valence electrons. The molecule has 0 atom stereocenters. The number of hydrogen-bond acceptors (Lipinski definition) is 6. The second-order valence-electron chi connectivity index (χ2n) is 8.15. The van der Waals surface area contributed by atoms with Crippen molar-refractivity contribution in [3.8, 4) is 0 Å². The predicted molar refractivity (Wildman–Crippen MR) is 123 cm³/mol. The van der Waals surface area contributed by atoms with E-state index in [0.717, 1.165) is 11.3 Å². The van der Waals surface area contributed by atoms with Crippen molar-refractivity contribution < 1.29 is 4.79 Å². The van der Waals surface area contributed by atoms with E-state index < -0.39 is 0 Å². The van der Waals surface area contributed by atoms with Crippen molar-refractivity contribution in [1.29, 1.82) is 0 Å². The summed E-state index contributed by atoms with van der Waals surface area (Å²) in [4.78, 5) is 38.6. The maximum absolute atomic E-state index is 12.9. The van der Waals surface area contributed by atoms with Crippen LogP contribution in [0.1, 0.15) is 53.1 Å². The number of aromatic amines is 1. The fraction of sp³-hybridized carbons (Fsp3) is 0.273. The number of nitrogens with zero attached hydrogens (tertiary/aromatic N) is 2. The molecule has 4 rings (SSSR count). The van der Waals surface area contributed by atoms with Crippen molar-refractivity contribution in [2.24, 2.45) is 0 Å². The molecule has 0 saturated carbocycles. The van der Waals surface area contributed by atoms with Gasteiger partial charge in [0.1, 0.15) is 10.7 Å². The Hall–Kier alpha value is -2.84. The van der Waals surface area contributed by atoms with Crippen LogP contribution < -0.4 is 10.9 Å². The molecule has 0 radical (unpaired) electrons. The Morgan fingerprint density at radius 1 is 1.17 bits per heavy atom. The maximum atomic E-state index is 12.9. The van der Waals surface area contributed by atoms with Gasteiger partial charge in [-0.2, -0.15) is 0 Å². The zero-order valence-electron chi connectivity index (χ0n) is 17.2. The van der Waals surface area contributed by atoms with Gasteiger partial charge in [0, 0.05) is 17.2 Å². The number of amides is 1. The lowest BCUT2D eigenvalue weighted by molar-refractivity contribution is 0.103. The molecule has 1 aromatic carbocycles. The van der Waals surface area contributed by atoms with E-state index in [1.165, 1.54) is 22.7 Å². The van der Waals surface area contributed by atoms with Gasteiger partial charge in [0.05, 0.1) is 16.0 Å². The summed E-state index contributed by atoms with van der Waals surface area (Å²) in [6.45, 7) is 8.02. The molecule has 0 aliphatic heterocycles. The Morgan fingerprint density at radius 3 is 2.57 bits per heavy atom. The van der Waals surface area contributed by atoms with E-state index in [-0.39, 0.29) is 16.9 Å². The molecule has 1 amide bonds. The third-order valence-corrected chi connectivity index (χ3v) is 6.71. The van der Waals surface area contributed by atoms with E-state index in [1.54, 1.807) is 6.92 Å². The average molecular weight is 439 g/mol. The van der Waals surface area contributed by atoms with Crippen molar-refractivity contribution in [3.63, 3.8) is 0 Å². The van der Waals surface area contributed by atoms with Crippen LogP contribution in [0.2, 0.25) is 0 Å². The number of rotatable bonds is 4. The van der Waals surface area contributed by atoms with E-state index >= 15 is 0 Å². The fourth-order valence-corrected chi connectivity index (χ4v) is 5.14. The number of fused-ring (bicyclic) bond motifs is 1. The molecule has 0 aliphatic carbocycles. The molecule has 4 aromatic rings. The zero-order valence-corrected chi connectivity index (χ0v) is 18.8. The summed E-state index contributed by atoms with van der Waals surface area (Å²) in [5.74, 6) is 0.316. The molecular weight excluding hydrogens is 416 g/mol. The summed E-state index contributed by atoms with van der Waals surface area (Å²) in [5.41, 5.74) is 2.33. The average Bonchev–Trinajstić information content (AvgIpc) is 3.27. The predicted octanol–water partition coefficient (Wildman–Crippen LogP) is 4.89. The van der Waals surface area contributed by atoms with Crippen LogP contribution in [0.15, 0.2) is 40.5 Å². The van der Waals surface area contributed by atoms with Crippen molar-refractivity contribution in [2.45, 2.75) is 39.5 Å². The Balaban J connectivity index is 1.64. The summed E-state index contributed by atoms with van der Waals surface area (Å²) in [5, 5.41) is 5.84. The molecule has 30 heavy (non-hydrogen) atoms. The van der Waals surface area contributed by atoms with E-state index in [1.807, 2.05) is 35.7 Å². The van der Waals surface area contributed by atoms with Crippen molar-refractivity contribution in [1.82, 2.24) is 15.0 Å². The highest BCUT2D eigenvalue weighted by atomic mass is 32.1. The molecule has 3 heterocycles. The largest absolute Gasteiger partial charge is 0.310 e. The minimum Gasteiger partial charge on any atom is -0.310 e. The Bertz CT molecular complexity index is 1280. The lowest BCUT2D eigenvalue weighted by Crippen LogP contribution is -2.14. The number of carbonyl (C=O) groups is 1. The first-order valence-corrected chi connectivity index (χ1v) is 11.3. The van der Waals surface area contributed by atoms with Crippen LogP contribution in [0, 0.1) is 6.92 Å². The van der Waals surface area contributed by atoms with Gasteiger partial charge >= 0.3 is 0 Å². The number of hydrogen-bond donors (Lipinski definition) is 2. The van der Waals surface area contributed by atoms with Gasteiger partial charge in [-0.25, -0.2) is 9.97 Å². The van der Waals surface area contributed by atoms with Crippen LogP contribution >= 0.6 is 22.7 Å². The van der Waals surface area contributed by atoms with Gasteiger partial charge in [-0.3, -0.25) is 14.9 Å². The van der Waals surface area contributed by atoms with Crippen LogP contribution in [-0.2, 0) is 11.8 Å². The first kappa shape index (κ1) is 20.4. The number of aromatic nitrogens is 3. The van der Waals surface area contributed by atoms with Gasteiger partial charge in [0.15, 0.2) is 5.13 Å². The van der Waals surface area contributed by atoms with Crippen molar-refractivity contribution >= 4 is 43.9 Å². The highest BCUT2D eigenvalue weighted by Gasteiger charge is 2.22. The van der Waals surface area contributed by atoms with E-state index in [4.69, 9.17) is 0 Å². The number of aryl methyl sites for hydroxylation is 1. The number of benzene rings is 1. The van der Waals surface area contributed by atoms with Crippen LogP contribution in [0.3, 0.4) is 0 Å². The third-order valence-electron chi connectivity index (χ3n) is 4.76. The summed E-state index contributed by atoms with van der Waals surface area (Å²) in [7, 11) is 0. The SMILES string of the molecule is Cc1c(C(=O)Nc2nc(C(C)(C)C)cs2)sc2nc(Cc3ccccc3)[nH]c(=O)c12. The maximum Gasteiger partial charge on any atom is 0.267 e. The first-order valence-electron chi connectivity index (χ1n) is 9.56. The number of nitrogens with one attached hydrogen (secondary N) is 2. The van der Waals surface area contributed by atoms with Gasteiger partial charge in [-0.05, 0) is 18.1 Å². The van der Waals surface area contributed by atoms with Crippen LogP contribution in [-0.4, -0.2) is 20.9 Å². The quantitative estimate of drug-likeness (QED) is 0.475. The second kappa shape index (κ2) is 7.77. The summed E-state index contributed by atoms with van der Waals surface area (Å²) in [6, 6.07) is 9.83. The van der Waals surface area contributed by atoms with Crippen LogP contribution in [0.4, 0.5) is 5.13 Å². The minimum atomic E-state index is -0.269. The number of carbonyl (C=O) groups excluding carboxylic acids is 1. The van der Waals surface area contributed by atoms with E-state index in [2.05, 4.69) is 41.0 Å². The van der Waals surface area contributed by atoms with E-state index in [9.17, 15) is 9.59 Å². The van der Waals surface area contributed by atoms with E-state index in [0.29, 0.717) is 38.0 Å². The topological polar surface area (TPSA) is 87.7 Å². The normalized spacial score (nSPS) is 11.7. The molecule has 3 aromatic heterocycles. The Labute approximate surface area is 182 Å². The molecule has 8 heteroatoms. The summed E-state index contributed by atoms with van der Waals surface area (Å²) >= 11 is 2.63. The third kappa shape index (κ3) is 4.06. The van der Waals surface area contributed by atoms with Gasteiger partial charge in [0.25, 0.3) is 11.5 Å². The number of thiazole rings is 1. The number of anilines is 1. The molecule has 0 saturated heterocycles. The lowest BCUT2D eigenvalue weighted by atomic mass is 9.93. The molecule has 0 spiro atoms. The molecular formula is C22H22N4O2S2. The molecule has 0 bridgehead atoms. The highest BCUT2D eigenvalue weighted by Crippen LogP contribution is 2.30. The lowest BCUT2D eigenvalue weighted by Gasteiger charge is -2.14. The highest BCUT2D eigenvalue weighted by molar-refractivity contribution is 7.21. The van der Waals surface area contributed by atoms with Crippen LogP contribution in [0.25, 0.3) is 10.2 Å². The van der Waals surface area contributed by atoms with Gasteiger partial charge in [0.2, 0.25) is 0 Å². The minimum absolute atomic E-state index is 0.0840. The smallest absolute Gasteiger partial charge is 0.267 e. The number of H-pyrrole nitrogens is 1. The van der Waals surface area contributed by atoms with Gasteiger partial charge in [-0.1, -0.05) is 51.1 Å². The standard InChI is InChI=1S/C22H22N4O2S2/c1-12-16-18(27)24-15(10-13-8-6-5-7-9-13)25-20(16)30-17(12)19(28)26-21-23-14(11-29-21)22(2,3)4/h5-9,11H,10H2,1-4H3,(H,23,26,28)(H,24,25,27). The first-order chi connectivity index (χ1) is 14.2. The molecule has 0 aliphatic rings. The zero-order chi connectivity index (χ0) is 21.5. The Kier molecular flexibility index (Phi) is 5.29. The summed E-state index contributed by atoms with van der Waals surface area (Å²) < 4.78 is 0. The Morgan fingerprint density at radius 2 is 1.90 bits per heavy atom. The van der Waals surface area contributed by atoms with Gasteiger partial charge in [-0.15, -0.1) is 22.7 Å². The molecule has 0 unspecified atom stereocenters.